The summed E-state index contributed by atoms with van der Waals surface area (Å²) in [5.74, 6) is 0.829. The van der Waals surface area contributed by atoms with Crippen LogP contribution in [0.5, 0.6) is 0 Å². The predicted molar refractivity (Wildman–Crippen MR) is 100.0 cm³/mol. The molecule has 0 bridgehead atoms. The molecule has 2 aromatic heterocycles. The van der Waals surface area contributed by atoms with E-state index in [4.69, 9.17) is 4.52 Å². The molecular formula is C19H14N4O2S. The van der Waals surface area contributed by atoms with Gasteiger partial charge < -0.3 is 9.84 Å². The van der Waals surface area contributed by atoms with Crippen molar-refractivity contribution in [2.24, 2.45) is 0 Å². The molecule has 1 amide bonds. The maximum atomic E-state index is 12.4. The van der Waals surface area contributed by atoms with Crippen molar-refractivity contribution in [1.29, 1.82) is 0 Å². The lowest BCUT2D eigenvalue weighted by Gasteiger charge is -2.06. The molecule has 6 nitrogen and oxygen atoms in total. The topological polar surface area (TPSA) is 80.9 Å². The number of thiazole rings is 1. The second-order valence-electron chi connectivity index (χ2n) is 5.59. The van der Waals surface area contributed by atoms with Gasteiger partial charge in [-0.3, -0.25) is 4.79 Å². The van der Waals surface area contributed by atoms with E-state index in [0.717, 1.165) is 21.8 Å². The summed E-state index contributed by atoms with van der Waals surface area (Å²) in [4.78, 5) is 20.9. The molecule has 0 unspecified atom stereocenters. The number of hydrogen-bond acceptors (Lipinski definition) is 6. The van der Waals surface area contributed by atoms with Crippen LogP contribution in [0.25, 0.3) is 22.0 Å². The fourth-order valence-corrected chi connectivity index (χ4v) is 3.09. The van der Waals surface area contributed by atoms with Crippen LogP contribution in [0.1, 0.15) is 16.2 Å². The molecule has 2 heterocycles. The number of carbonyl (C=O) groups excluding carboxylic acids is 1. The molecule has 0 spiro atoms. The summed E-state index contributed by atoms with van der Waals surface area (Å²) in [6.07, 6.45) is 1.77. The van der Waals surface area contributed by atoms with Crippen LogP contribution in [-0.4, -0.2) is 21.0 Å². The average molecular weight is 362 g/mol. The summed E-state index contributed by atoms with van der Waals surface area (Å²) in [6.45, 7) is 1.76. The first-order chi connectivity index (χ1) is 12.7. The van der Waals surface area contributed by atoms with E-state index in [1.807, 2.05) is 29.6 Å². The number of aryl methyl sites for hydroxylation is 1. The molecule has 7 heteroatoms. The summed E-state index contributed by atoms with van der Waals surface area (Å²) in [5, 5.41) is 9.54. The predicted octanol–water partition coefficient (Wildman–Crippen LogP) is 4.42. The Morgan fingerprint density at radius 3 is 2.38 bits per heavy atom. The van der Waals surface area contributed by atoms with Gasteiger partial charge >= 0.3 is 0 Å². The van der Waals surface area contributed by atoms with Gasteiger partial charge in [0.25, 0.3) is 11.8 Å². The molecule has 1 N–H and O–H groups in total. The van der Waals surface area contributed by atoms with Crippen molar-refractivity contribution in [1.82, 2.24) is 15.1 Å². The van der Waals surface area contributed by atoms with Crippen LogP contribution in [0.3, 0.4) is 0 Å². The van der Waals surface area contributed by atoms with Crippen LogP contribution >= 0.6 is 11.3 Å². The quantitative estimate of drug-likeness (QED) is 0.581. The van der Waals surface area contributed by atoms with E-state index in [-0.39, 0.29) is 5.91 Å². The summed E-state index contributed by atoms with van der Waals surface area (Å²) < 4.78 is 5.12. The van der Waals surface area contributed by atoms with Crippen LogP contribution in [0.2, 0.25) is 0 Å². The zero-order valence-corrected chi connectivity index (χ0v) is 14.7. The molecule has 0 saturated carbocycles. The van der Waals surface area contributed by atoms with E-state index in [1.54, 1.807) is 48.7 Å². The van der Waals surface area contributed by atoms with Gasteiger partial charge in [0, 0.05) is 34.0 Å². The molecule has 26 heavy (non-hydrogen) atoms. The minimum Gasteiger partial charge on any atom is -0.334 e. The maximum Gasteiger partial charge on any atom is 0.257 e. The highest BCUT2D eigenvalue weighted by Crippen LogP contribution is 2.23. The van der Waals surface area contributed by atoms with Crippen molar-refractivity contribution < 1.29 is 9.32 Å². The Labute approximate surface area is 153 Å². The van der Waals surface area contributed by atoms with Gasteiger partial charge in [0.15, 0.2) is 5.82 Å². The van der Waals surface area contributed by atoms with Gasteiger partial charge in [-0.15, -0.1) is 11.3 Å². The molecule has 0 radical (unpaired) electrons. The first kappa shape index (κ1) is 16.2. The first-order valence-electron chi connectivity index (χ1n) is 7.91. The lowest BCUT2D eigenvalue weighted by Crippen LogP contribution is -2.11. The van der Waals surface area contributed by atoms with Crippen LogP contribution in [0.15, 0.2) is 64.6 Å². The van der Waals surface area contributed by atoms with Gasteiger partial charge in [-0.1, -0.05) is 5.16 Å². The average Bonchev–Trinajstić information content (AvgIpc) is 3.34. The lowest BCUT2D eigenvalue weighted by atomic mass is 10.1. The number of nitrogens with one attached hydrogen (secondary N) is 1. The Balaban J connectivity index is 1.46. The minimum absolute atomic E-state index is 0.180. The molecular weight excluding hydrogens is 348 g/mol. The largest absolute Gasteiger partial charge is 0.334 e. The Morgan fingerprint density at radius 1 is 1.04 bits per heavy atom. The van der Waals surface area contributed by atoms with Crippen molar-refractivity contribution >= 4 is 22.9 Å². The van der Waals surface area contributed by atoms with Crippen molar-refractivity contribution in [2.75, 3.05) is 5.32 Å². The number of hydrogen-bond donors (Lipinski definition) is 1. The third kappa shape index (κ3) is 3.38. The number of amides is 1. The van der Waals surface area contributed by atoms with Gasteiger partial charge in [-0.05, 0) is 55.5 Å². The van der Waals surface area contributed by atoms with E-state index < -0.39 is 0 Å². The number of anilines is 1. The summed E-state index contributed by atoms with van der Waals surface area (Å²) in [6, 6.07) is 14.6. The lowest BCUT2D eigenvalue weighted by molar-refractivity contribution is 0.102. The van der Waals surface area contributed by atoms with Crippen LogP contribution in [0.4, 0.5) is 5.69 Å². The summed E-state index contributed by atoms with van der Waals surface area (Å²) >= 11 is 1.58. The molecule has 0 aliphatic rings. The van der Waals surface area contributed by atoms with Gasteiger partial charge in [0.05, 0.1) is 0 Å². The second-order valence-corrected chi connectivity index (χ2v) is 6.49. The molecule has 0 aliphatic heterocycles. The van der Waals surface area contributed by atoms with E-state index in [2.05, 4.69) is 20.4 Å². The van der Waals surface area contributed by atoms with Crippen LogP contribution in [0, 0.1) is 6.92 Å². The van der Waals surface area contributed by atoms with Crippen molar-refractivity contribution in [2.45, 2.75) is 6.92 Å². The molecule has 4 aromatic rings. The Bertz CT molecular complexity index is 1020. The third-order valence-electron chi connectivity index (χ3n) is 3.74. The fourth-order valence-electron chi connectivity index (χ4n) is 2.44. The van der Waals surface area contributed by atoms with E-state index >= 15 is 0 Å². The van der Waals surface area contributed by atoms with Crippen molar-refractivity contribution in [3.8, 4) is 22.0 Å². The first-order valence-corrected chi connectivity index (χ1v) is 8.79. The molecule has 128 valence electrons. The van der Waals surface area contributed by atoms with Crippen molar-refractivity contribution in [3.05, 3.63) is 71.5 Å². The molecule has 4 rings (SSSR count). The zero-order valence-electron chi connectivity index (χ0n) is 13.8. The van der Waals surface area contributed by atoms with Gasteiger partial charge in [-0.2, -0.15) is 4.98 Å². The Morgan fingerprint density at radius 2 is 1.77 bits per heavy atom. The second kappa shape index (κ2) is 6.89. The maximum absolute atomic E-state index is 12.4. The van der Waals surface area contributed by atoms with Crippen LogP contribution in [-0.2, 0) is 0 Å². The molecule has 0 saturated heterocycles. The third-order valence-corrected chi connectivity index (χ3v) is 4.57. The van der Waals surface area contributed by atoms with Gasteiger partial charge in [0.2, 0.25) is 0 Å². The zero-order chi connectivity index (χ0) is 17.9. The molecule has 0 aliphatic carbocycles. The SMILES string of the molecule is Cc1noc(-c2ccc(C(=O)Nc3ccc(-c4nccs4)cc3)cc2)n1. The highest BCUT2D eigenvalue weighted by atomic mass is 32.1. The van der Waals surface area contributed by atoms with E-state index in [1.165, 1.54) is 0 Å². The fraction of sp³-hybridized carbons (Fsp3) is 0.0526. The van der Waals surface area contributed by atoms with Gasteiger partial charge in [0.1, 0.15) is 5.01 Å². The van der Waals surface area contributed by atoms with E-state index in [0.29, 0.717) is 17.3 Å². The van der Waals surface area contributed by atoms with Gasteiger partial charge in [-0.25, -0.2) is 4.98 Å². The number of benzene rings is 2. The standard InChI is InChI=1S/C19H14N4O2S/c1-12-21-18(25-23-12)14-4-2-13(3-5-14)17(24)22-16-8-6-15(7-9-16)19-20-10-11-26-19/h2-11H,1H3,(H,22,24). The highest BCUT2D eigenvalue weighted by molar-refractivity contribution is 7.13. The molecule has 0 atom stereocenters. The van der Waals surface area contributed by atoms with Crippen molar-refractivity contribution in [3.63, 3.8) is 0 Å². The minimum atomic E-state index is -0.180. The molecule has 2 aromatic carbocycles. The highest BCUT2D eigenvalue weighted by Gasteiger charge is 2.10. The van der Waals surface area contributed by atoms with Crippen LogP contribution < -0.4 is 5.32 Å². The number of aromatic nitrogens is 3. The smallest absolute Gasteiger partial charge is 0.257 e. The number of carbonyl (C=O) groups is 1. The summed E-state index contributed by atoms with van der Waals surface area (Å²) in [5.41, 5.74) is 3.08. The Kier molecular flexibility index (Phi) is 4.28. The monoisotopic (exact) mass is 362 g/mol. The van der Waals surface area contributed by atoms with E-state index in [9.17, 15) is 4.79 Å². The molecule has 0 fully saturated rings. The summed E-state index contributed by atoms with van der Waals surface area (Å²) in [7, 11) is 0. The number of nitrogens with zero attached hydrogens (tertiary/aromatic N) is 3. The number of rotatable bonds is 4. The normalized spacial score (nSPS) is 10.7. The Hall–Kier alpha value is -3.32.